The summed E-state index contributed by atoms with van der Waals surface area (Å²) in [7, 11) is 0. The molecule has 1 saturated heterocycles. The van der Waals surface area contributed by atoms with Crippen molar-refractivity contribution >= 4 is 0 Å². The average Bonchev–Trinajstić information content (AvgIpc) is 2.12. The molecule has 2 N–H and O–H groups in total. The number of aliphatic hydroxyl groups is 1. The van der Waals surface area contributed by atoms with Gasteiger partial charge in [0.25, 0.3) is 0 Å². The molecule has 0 bridgehead atoms. The second-order valence-corrected chi connectivity index (χ2v) is 6.88. The Bertz CT molecular complexity index is 269. The minimum Gasteiger partial charge on any atom is -0.394 e. The van der Waals surface area contributed by atoms with E-state index in [4.69, 9.17) is 4.74 Å². The van der Waals surface area contributed by atoms with E-state index >= 15 is 0 Å². The molecule has 0 amide bonds. The highest BCUT2D eigenvalue weighted by atomic mass is 16.5. The summed E-state index contributed by atoms with van der Waals surface area (Å²) in [4.78, 5) is 2.39. The number of hydrogen-bond donors (Lipinski definition) is 2. The zero-order chi connectivity index (χ0) is 14.0. The summed E-state index contributed by atoms with van der Waals surface area (Å²) in [6.07, 6.45) is 0.246. The van der Waals surface area contributed by atoms with E-state index in [0.29, 0.717) is 6.04 Å². The van der Waals surface area contributed by atoms with Gasteiger partial charge in [-0.3, -0.25) is 4.90 Å². The van der Waals surface area contributed by atoms with Gasteiger partial charge >= 0.3 is 0 Å². The number of morpholine rings is 1. The van der Waals surface area contributed by atoms with Crippen molar-refractivity contribution in [2.45, 2.75) is 64.8 Å². The topological polar surface area (TPSA) is 44.7 Å². The molecule has 0 aromatic carbocycles. The van der Waals surface area contributed by atoms with Crippen molar-refractivity contribution in [2.24, 2.45) is 0 Å². The predicted molar refractivity (Wildman–Crippen MR) is 74.8 cm³/mol. The van der Waals surface area contributed by atoms with Gasteiger partial charge in [-0.15, -0.1) is 0 Å². The fourth-order valence-corrected chi connectivity index (χ4v) is 3.04. The van der Waals surface area contributed by atoms with Crippen LogP contribution < -0.4 is 5.32 Å². The van der Waals surface area contributed by atoms with Crippen LogP contribution in [0, 0.1) is 0 Å². The first-order valence-corrected chi connectivity index (χ1v) is 6.94. The van der Waals surface area contributed by atoms with Crippen molar-refractivity contribution in [1.82, 2.24) is 10.2 Å². The Morgan fingerprint density at radius 1 is 1.50 bits per heavy atom. The van der Waals surface area contributed by atoms with Crippen LogP contribution in [0.1, 0.15) is 41.5 Å². The Morgan fingerprint density at radius 2 is 2.11 bits per heavy atom. The fraction of sp³-hybridized carbons (Fsp3) is 1.00. The van der Waals surface area contributed by atoms with Crippen LogP contribution in [0.4, 0.5) is 0 Å². The normalized spacial score (nSPS) is 28.3. The highest BCUT2D eigenvalue weighted by molar-refractivity contribution is 4.91. The van der Waals surface area contributed by atoms with Crippen molar-refractivity contribution in [2.75, 3.05) is 26.2 Å². The number of aliphatic hydroxyl groups excluding tert-OH is 1. The Hall–Kier alpha value is -0.160. The van der Waals surface area contributed by atoms with E-state index in [-0.39, 0.29) is 23.9 Å². The van der Waals surface area contributed by atoms with Crippen molar-refractivity contribution in [3.8, 4) is 0 Å². The molecule has 1 aliphatic rings. The van der Waals surface area contributed by atoms with E-state index in [1.165, 1.54) is 0 Å². The molecule has 0 saturated carbocycles. The molecule has 0 aliphatic carbocycles. The quantitative estimate of drug-likeness (QED) is 0.779. The maximum atomic E-state index is 9.64. The molecule has 0 radical (unpaired) electrons. The zero-order valence-electron chi connectivity index (χ0n) is 12.8. The molecule has 0 aromatic rings. The summed E-state index contributed by atoms with van der Waals surface area (Å²) >= 11 is 0. The summed E-state index contributed by atoms with van der Waals surface area (Å²) in [5, 5.41) is 13.1. The first-order valence-electron chi connectivity index (χ1n) is 6.94. The van der Waals surface area contributed by atoms with Crippen LogP contribution in [-0.2, 0) is 4.74 Å². The number of nitrogens with zero attached hydrogens (tertiary/aromatic N) is 1. The van der Waals surface area contributed by atoms with E-state index in [0.717, 1.165) is 19.6 Å². The number of ether oxygens (including phenoxy) is 1. The second kappa shape index (κ2) is 5.87. The monoisotopic (exact) mass is 258 g/mol. The van der Waals surface area contributed by atoms with Gasteiger partial charge in [0.1, 0.15) is 0 Å². The lowest BCUT2D eigenvalue weighted by Gasteiger charge is -2.45. The van der Waals surface area contributed by atoms with Crippen LogP contribution in [0.15, 0.2) is 0 Å². The largest absolute Gasteiger partial charge is 0.394 e. The SMILES string of the molecule is CC(C)NC(C)(CO)CN1CC(C)OC(C)(C)C1. The van der Waals surface area contributed by atoms with Gasteiger partial charge in [0.15, 0.2) is 0 Å². The lowest BCUT2D eigenvalue weighted by atomic mass is 9.98. The summed E-state index contributed by atoms with van der Waals surface area (Å²) in [6.45, 7) is 15.5. The minimum absolute atomic E-state index is 0.105. The molecular weight excluding hydrogens is 228 g/mol. The standard InChI is InChI=1S/C14H30N2O2/c1-11(2)15-14(6,10-17)9-16-7-12(3)18-13(4,5)8-16/h11-12,15,17H,7-10H2,1-6H3. The first-order chi connectivity index (χ1) is 8.16. The van der Waals surface area contributed by atoms with Gasteiger partial charge in [-0.1, -0.05) is 13.8 Å². The van der Waals surface area contributed by atoms with Crippen LogP contribution in [0.5, 0.6) is 0 Å². The van der Waals surface area contributed by atoms with E-state index in [1.807, 2.05) is 0 Å². The minimum atomic E-state index is -0.249. The Kier molecular flexibility index (Phi) is 5.18. The molecule has 1 rings (SSSR count). The van der Waals surface area contributed by atoms with Crippen LogP contribution in [-0.4, -0.2) is 59.5 Å². The highest BCUT2D eigenvalue weighted by Gasteiger charge is 2.35. The van der Waals surface area contributed by atoms with Crippen molar-refractivity contribution in [3.63, 3.8) is 0 Å². The van der Waals surface area contributed by atoms with Gasteiger partial charge in [0.05, 0.1) is 23.9 Å². The van der Waals surface area contributed by atoms with Gasteiger partial charge in [0.2, 0.25) is 0 Å². The van der Waals surface area contributed by atoms with Gasteiger partial charge in [-0.05, 0) is 27.7 Å². The van der Waals surface area contributed by atoms with Gasteiger partial charge < -0.3 is 15.2 Å². The molecule has 1 fully saturated rings. The van der Waals surface area contributed by atoms with Crippen LogP contribution in [0.2, 0.25) is 0 Å². The Labute approximate surface area is 112 Å². The highest BCUT2D eigenvalue weighted by Crippen LogP contribution is 2.22. The van der Waals surface area contributed by atoms with E-state index in [1.54, 1.807) is 0 Å². The van der Waals surface area contributed by atoms with Crippen molar-refractivity contribution in [1.29, 1.82) is 0 Å². The third kappa shape index (κ3) is 4.84. The number of hydrogen-bond acceptors (Lipinski definition) is 4. The molecular formula is C14H30N2O2. The summed E-state index contributed by atoms with van der Waals surface area (Å²) in [5.74, 6) is 0. The third-order valence-corrected chi connectivity index (χ3v) is 3.20. The molecule has 0 aromatic heterocycles. The predicted octanol–water partition coefficient (Wildman–Crippen LogP) is 1.23. The molecule has 2 atom stereocenters. The number of nitrogens with one attached hydrogen (secondary N) is 1. The van der Waals surface area contributed by atoms with Crippen LogP contribution >= 0.6 is 0 Å². The van der Waals surface area contributed by atoms with Gasteiger partial charge in [-0.2, -0.15) is 0 Å². The maximum Gasteiger partial charge on any atom is 0.0757 e. The first kappa shape index (κ1) is 15.9. The van der Waals surface area contributed by atoms with Gasteiger partial charge in [-0.25, -0.2) is 0 Å². The van der Waals surface area contributed by atoms with Gasteiger partial charge in [0, 0.05) is 25.7 Å². The van der Waals surface area contributed by atoms with E-state index in [9.17, 15) is 5.11 Å². The molecule has 18 heavy (non-hydrogen) atoms. The second-order valence-electron chi connectivity index (χ2n) is 6.88. The summed E-state index contributed by atoms with van der Waals surface area (Å²) in [5.41, 5.74) is -0.354. The Balaban J connectivity index is 2.64. The smallest absolute Gasteiger partial charge is 0.0757 e. The lowest BCUT2D eigenvalue weighted by Crippen LogP contribution is -2.61. The molecule has 108 valence electrons. The third-order valence-electron chi connectivity index (χ3n) is 3.20. The fourth-order valence-electron chi connectivity index (χ4n) is 3.04. The molecule has 1 aliphatic heterocycles. The van der Waals surface area contributed by atoms with Crippen LogP contribution in [0.25, 0.3) is 0 Å². The summed E-state index contributed by atoms with van der Waals surface area (Å²) in [6, 6.07) is 0.369. The van der Waals surface area contributed by atoms with E-state index in [2.05, 4.69) is 51.8 Å². The molecule has 2 unspecified atom stereocenters. The van der Waals surface area contributed by atoms with Crippen molar-refractivity contribution in [3.05, 3.63) is 0 Å². The zero-order valence-corrected chi connectivity index (χ0v) is 12.8. The summed E-state index contributed by atoms with van der Waals surface area (Å²) < 4.78 is 5.91. The number of rotatable bonds is 5. The Morgan fingerprint density at radius 3 is 2.56 bits per heavy atom. The van der Waals surface area contributed by atoms with Crippen LogP contribution in [0.3, 0.4) is 0 Å². The lowest BCUT2D eigenvalue weighted by molar-refractivity contribution is -0.133. The van der Waals surface area contributed by atoms with Crippen molar-refractivity contribution < 1.29 is 9.84 Å². The van der Waals surface area contributed by atoms with E-state index < -0.39 is 0 Å². The molecule has 4 heteroatoms. The molecule has 0 spiro atoms. The maximum absolute atomic E-state index is 9.64. The molecule has 1 heterocycles. The molecule has 4 nitrogen and oxygen atoms in total. The average molecular weight is 258 g/mol.